The van der Waals surface area contributed by atoms with Crippen molar-refractivity contribution in [2.75, 3.05) is 7.11 Å². The molecule has 0 bridgehead atoms. The van der Waals surface area contributed by atoms with E-state index in [2.05, 4.69) is 15.3 Å². The fraction of sp³-hybridized carbons (Fsp3) is 0.357. The molecule has 1 aromatic carbocycles. The van der Waals surface area contributed by atoms with Gasteiger partial charge in [-0.15, -0.1) is 0 Å². The third-order valence-electron chi connectivity index (χ3n) is 2.49. The number of benzene rings is 1. The van der Waals surface area contributed by atoms with Gasteiger partial charge in [0.2, 0.25) is 5.91 Å². The van der Waals surface area contributed by atoms with Gasteiger partial charge in [-0.05, 0) is 24.1 Å². The highest BCUT2D eigenvalue weighted by molar-refractivity contribution is 5.90. The van der Waals surface area contributed by atoms with Gasteiger partial charge in [-0.25, -0.2) is 10.2 Å². The Morgan fingerprint density at radius 3 is 2.58 bits per heavy atom. The number of esters is 1. The summed E-state index contributed by atoms with van der Waals surface area (Å²) >= 11 is 0. The summed E-state index contributed by atoms with van der Waals surface area (Å²) in [5, 5.41) is 3.85. The molecular weight excluding hydrogens is 244 g/mol. The summed E-state index contributed by atoms with van der Waals surface area (Å²) < 4.78 is 4.60. The molecule has 0 aliphatic rings. The van der Waals surface area contributed by atoms with Gasteiger partial charge >= 0.3 is 5.97 Å². The minimum Gasteiger partial charge on any atom is -0.465 e. The summed E-state index contributed by atoms with van der Waals surface area (Å²) in [6.07, 6.45) is 3.85. The maximum atomic E-state index is 11.3. The highest BCUT2D eigenvalue weighted by Crippen LogP contribution is 2.03. The van der Waals surface area contributed by atoms with Gasteiger partial charge in [0.25, 0.3) is 0 Å². The Morgan fingerprint density at radius 2 is 2.00 bits per heavy atom. The van der Waals surface area contributed by atoms with Crippen LogP contribution in [0.3, 0.4) is 0 Å². The minimum absolute atomic E-state index is 0.0933. The first kappa shape index (κ1) is 14.9. The number of nitrogens with zero attached hydrogens (tertiary/aromatic N) is 1. The van der Waals surface area contributed by atoms with Crippen LogP contribution in [-0.4, -0.2) is 25.2 Å². The van der Waals surface area contributed by atoms with E-state index in [-0.39, 0.29) is 11.9 Å². The van der Waals surface area contributed by atoms with Gasteiger partial charge in [0.15, 0.2) is 0 Å². The Morgan fingerprint density at radius 1 is 1.32 bits per heavy atom. The van der Waals surface area contributed by atoms with Crippen molar-refractivity contribution in [1.82, 2.24) is 5.43 Å². The molecule has 0 aliphatic carbocycles. The molecule has 0 spiro atoms. The van der Waals surface area contributed by atoms with Crippen LogP contribution in [0.4, 0.5) is 0 Å². The van der Waals surface area contributed by atoms with Crippen molar-refractivity contribution >= 4 is 18.1 Å². The number of nitrogens with one attached hydrogen (secondary N) is 1. The molecule has 0 heterocycles. The van der Waals surface area contributed by atoms with Crippen molar-refractivity contribution in [3.8, 4) is 0 Å². The molecule has 0 fully saturated rings. The Labute approximate surface area is 112 Å². The first-order valence-corrected chi connectivity index (χ1v) is 6.17. The van der Waals surface area contributed by atoms with E-state index in [0.717, 1.165) is 18.4 Å². The van der Waals surface area contributed by atoms with Crippen molar-refractivity contribution < 1.29 is 14.3 Å². The molecule has 0 atom stereocenters. The number of ether oxygens (including phenoxy) is 1. The van der Waals surface area contributed by atoms with Crippen LogP contribution < -0.4 is 5.43 Å². The lowest BCUT2D eigenvalue weighted by Gasteiger charge is -2.00. The lowest BCUT2D eigenvalue weighted by Crippen LogP contribution is -2.16. The number of hydrazone groups is 1. The number of amides is 1. The topological polar surface area (TPSA) is 67.8 Å². The van der Waals surface area contributed by atoms with Crippen LogP contribution in [-0.2, 0) is 9.53 Å². The van der Waals surface area contributed by atoms with Crippen molar-refractivity contribution in [3.63, 3.8) is 0 Å². The van der Waals surface area contributed by atoms with Gasteiger partial charge < -0.3 is 4.74 Å². The lowest BCUT2D eigenvalue weighted by atomic mass is 10.1. The molecule has 0 radical (unpaired) electrons. The van der Waals surface area contributed by atoms with Crippen molar-refractivity contribution in [2.24, 2.45) is 5.10 Å². The highest BCUT2D eigenvalue weighted by Gasteiger charge is 2.03. The van der Waals surface area contributed by atoms with Crippen molar-refractivity contribution in [1.29, 1.82) is 0 Å². The van der Waals surface area contributed by atoms with Gasteiger partial charge in [-0.3, -0.25) is 4.79 Å². The van der Waals surface area contributed by atoms with Gasteiger partial charge in [0, 0.05) is 6.42 Å². The van der Waals surface area contributed by atoms with E-state index in [1.807, 2.05) is 6.92 Å². The molecule has 1 aromatic rings. The second-order valence-corrected chi connectivity index (χ2v) is 4.01. The Balaban J connectivity index is 2.49. The number of carbonyl (C=O) groups excluding carboxylic acids is 2. The Hall–Kier alpha value is -2.17. The molecular formula is C14H18N2O3. The molecule has 0 unspecified atom stereocenters. The first-order chi connectivity index (χ1) is 9.17. The molecule has 1 rings (SSSR count). The summed E-state index contributed by atoms with van der Waals surface area (Å²) in [6, 6.07) is 6.75. The Kier molecular flexibility index (Phi) is 6.29. The molecule has 5 nitrogen and oxygen atoms in total. The van der Waals surface area contributed by atoms with E-state index in [1.165, 1.54) is 13.3 Å². The molecule has 0 saturated heterocycles. The number of hydrogen-bond acceptors (Lipinski definition) is 4. The first-order valence-electron chi connectivity index (χ1n) is 6.17. The minimum atomic E-state index is -0.378. The lowest BCUT2D eigenvalue weighted by molar-refractivity contribution is -0.121. The number of hydrogen-bond donors (Lipinski definition) is 1. The summed E-state index contributed by atoms with van der Waals surface area (Å²) in [5.41, 5.74) is 3.73. The van der Waals surface area contributed by atoms with Crippen LogP contribution in [0.1, 0.15) is 42.1 Å². The van der Waals surface area contributed by atoms with Crippen molar-refractivity contribution in [3.05, 3.63) is 35.4 Å². The van der Waals surface area contributed by atoms with Crippen LogP contribution in [0.2, 0.25) is 0 Å². The zero-order valence-corrected chi connectivity index (χ0v) is 11.2. The summed E-state index contributed by atoms with van der Waals surface area (Å²) in [6.45, 7) is 2.03. The van der Waals surface area contributed by atoms with Gasteiger partial charge in [0.1, 0.15) is 0 Å². The molecule has 19 heavy (non-hydrogen) atoms. The molecule has 5 heteroatoms. The molecule has 0 aliphatic heterocycles. The normalized spacial score (nSPS) is 10.4. The second-order valence-electron chi connectivity index (χ2n) is 4.01. The zero-order chi connectivity index (χ0) is 14.1. The average molecular weight is 262 g/mol. The number of rotatable bonds is 6. The number of unbranched alkanes of at least 4 members (excludes halogenated alkanes) is 1. The number of methoxy groups -OCH3 is 1. The zero-order valence-electron chi connectivity index (χ0n) is 11.2. The molecule has 1 amide bonds. The standard InChI is InChI=1S/C14H18N2O3/c1-3-4-5-13(17)16-15-10-11-6-8-12(9-7-11)14(18)19-2/h6-10H,3-5H2,1-2H3,(H,16,17)/b15-10-. The fourth-order valence-electron chi connectivity index (χ4n) is 1.40. The van der Waals surface area contributed by atoms with E-state index in [9.17, 15) is 9.59 Å². The molecule has 0 saturated carbocycles. The average Bonchev–Trinajstić information content (AvgIpc) is 2.45. The Bertz CT molecular complexity index is 452. The second kappa shape index (κ2) is 8.02. The largest absolute Gasteiger partial charge is 0.465 e. The summed E-state index contributed by atoms with van der Waals surface area (Å²) in [7, 11) is 1.34. The van der Waals surface area contributed by atoms with Crippen LogP contribution in [0.25, 0.3) is 0 Å². The maximum Gasteiger partial charge on any atom is 0.337 e. The van der Waals surface area contributed by atoms with Crippen LogP contribution >= 0.6 is 0 Å². The predicted octanol–water partition coefficient (Wildman–Crippen LogP) is 2.11. The third kappa shape index (κ3) is 5.33. The van der Waals surface area contributed by atoms with Crippen LogP contribution in [0.15, 0.2) is 29.4 Å². The number of carbonyl (C=O) groups is 2. The van der Waals surface area contributed by atoms with E-state index >= 15 is 0 Å². The smallest absolute Gasteiger partial charge is 0.337 e. The third-order valence-corrected chi connectivity index (χ3v) is 2.49. The predicted molar refractivity (Wildman–Crippen MR) is 73.0 cm³/mol. The SMILES string of the molecule is CCCCC(=O)N/N=C\c1ccc(C(=O)OC)cc1. The van der Waals surface area contributed by atoms with E-state index in [1.54, 1.807) is 24.3 Å². The molecule has 1 N–H and O–H groups in total. The van der Waals surface area contributed by atoms with Crippen LogP contribution in [0.5, 0.6) is 0 Å². The molecule has 102 valence electrons. The van der Waals surface area contributed by atoms with Gasteiger partial charge in [-0.2, -0.15) is 5.10 Å². The van der Waals surface area contributed by atoms with Gasteiger partial charge in [0.05, 0.1) is 18.9 Å². The van der Waals surface area contributed by atoms with E-state index in [0.29, 0.717) is 12.0 Å². The van der Waals surface area contributed by atoms with Gasteiger partial charge in [-0.1, -0.05) is 25.5 Å². The van der Waals surface area contributed by atoms with E-state index < -0.39 is 0 Å². The van der Waals surface area contributed by atoms with Crippen molar-refractivity contribution in [2.45, 2.75) is 26.2 Å². The fourth-order valence-corrected chi connectivity index (χ4v) is 1.40. The maximum absolute atomic E-state index is 11.3. The molecule has 0 aromatic heterocycles. The highest BCUT2D eigenvalue weighted by atomic mass is 16.5. The monoisotopic (exact) mass is 262 g/mol. The van der Waals surface area contributed by atoms with Crippen LogP contribution in [0, 0.1) is 0 Å². The quantitative estimate of drug-likeness (QED) is 0.485. The van der Waals surface area contributed by atoms with E-state index in [4.69, 9.17) is 0 Å². The summed E-state index contributed by atoms with van der Waals surface area (Å²) in [5.74, 6) is -0.472. The summed E-state index contributed by atoms with van der Waals surface area (Å²) in [4.78, 5) is 22.5.